The molecule has 0 saturated heterocycles. The summed E-state index contributed by atoms with van der Waals surface area (Å²) in [5, 5.41) is 4.41. The van der Waals surface area contributed by atoms with Gasteiger partial charge in [0.25, 0.3) is 0 Å². The number of fused-ring (bicyclic) bond motifs is 16. The van der Waals surface area contributed by atoms with E-state index < -0.39 is 5.41 Å². The molecule has 2 aliphatic rings. The van der Waals surface area contributed by atoms with E-state index in [2.05, 4.69) is 216 Å². The standard InChI is InChI=1S/C61H38N2O2/c1-3-17-39(18-4-1)62(41-33-35-57-47(37-41)43-21-9-13-31-55(43)64-57)53-29-15-27-51-59(53)45-23-7-11-25-49(45)61(51)50-26-12-8-24-46(50)60-52(61)28-16-30-54(60)63(40-19-5-2-6-20-40)42-34-36-58-48(38-42)44-22-10-14-32-56(44)65-58/h1-38H. The third-order valence-corrected chi connectivity index (χ3v) is 13.8. The van der Waals surface area contributed by atoms with Gasteiger partial charge < -0.3 is 18.6 Å². The maximum atomic E-state index is 6.34. The topological polar surface area (TPSA) is 32.8 Å². The molecule has 65 heavy (non-hydrogen) atoms. The van der Waals surface area contributed by atoms with Crippen LogP contribution in [0.5, 0.6) is 0 Å². The molecule has 2 heterocycles. The highest BCUT2D eigenvalue weighted by molar-refractivity contribution is 6.10. The van der Waals surface area contributed by atoms with Crippen LogP contribution in [0.2, 0.25) is 0 Å². The molecule has 12 aromatic rings. The molecule has 14 rings (SSSR count). The predicted octanol–water partition coefficient (Wildman–Crippen LogP) is 16.8. The van der Waals surface area contributed by atoms with Crippen LogP contribution < -0.4 is 9.80 Å². The van der Waals surface area contributed by atoms with E-state index in [1.165, 1.54) is 44.5 Å². The van der Waals surface area contributed by atoms with Crippen molar-refractivity contribution >= 4 is 78.0 Å². The lowest BCUT2D eigenvalue weighted by molar-refractivity contribution is 0.668. The average molecular weight is 831 g/mol. The number of anilines is 6. The molecule has 4 heteroatoms. The number of hydrogen-bond acceptors (Lipinski definition) is 4. The summed E-state index contributed by atoms with van der Waals surface area (Å²) in [5.74, 6) is 0. The van der Waals surface area contributed by atoms with Crippen molar-refractivity contribution in [3.8, 4) is 22.3 Å². The van der Waals surface area contributed by atoms with E-state index in [1.807, 2.05) is 24.3 Å². The van der Waals surface area contributed by atoms with Gasteiger partial charge in [0.15, 0.2) is 0 Å². The lowest BCUT2D eigenvalue weighted by Gasteiger charge is -2.32. The Morgan fingerprint density at radius 2 is 0.662 bits per heavy atom. The molecule has 0 radical (unpaired) electrons. The van der Waals surface area contributed by atoms with Gasteiger partial charge in [-0.2, -0.15) is 0 Å². The zero-order chi connectivity index (χ0) is 42.6. The van der Waals surface area contributed by atoms with E-state index in [1.54, 1.807) is 0 Å². The van der Waals surface area contributed by atoms with Gasteiger partial charge in [0, 0.05) is 55.4 Å². The van der Waals surface area contributed by atoms with Crippen molar-refractivity contribution in [2.24, 2.45) is 0 Å². The van der Waals surface area contributed by atoms with Crippen LogP contribution in [0.4, 0.5) is 34.1 Å². The molecule has 0 atom stereocenters. The zero-order valence-corrected chi connectivity index (χ0v) is 35.2. The minimum Gasteiger partial charge on any atom is -0.456 e. The molecular formula is C61H38N2O2. The summed E-state index contributed by atoms with van der Waals surface area (Å²) in [4.78, 5) is 4.86. The van der Waals surface area contributed by atoms with E-state index in [9.17, 15) is 0 Å². The molecule has 0 aliphatic heterocycles. The summed E-state index contributed by atoms with van der Waals surface area (Å²) in [6, 6.07) is 83.4. The van der Waals surface area contributed by atoms with Crippen molar-refractivity contribution in [1.82, 2.24) is 0 Å². The van der Waals surface area contributed by atoms with Gasteiger partial charge in [-0.05, 0) is 118 Å². The van der Waals surface area contributed by atoms with Crippen LogP contribution in [0.15, 0.2) is 239 Å². The Morgan fingerprint density at radius 3 is 1.14 bits per heavy atom. The molecular weight excluding hydrogens is 793 g/mol. The molecule has 1 spiro atoms. The second-order valence-electron chi connectivity index (χ2n) is 17.1. The minimum atomic E-state index is -0.593. The maximum absolute atomic E-state index is 6.34. The zero-order valence-electron chi connectivity index (χ0n) is 35.2. The highest BCUT2D eigenvalue weighted by Crippen LogP contribution is 2.66. The van der Waals surface area contributed by atoms with Crippen molar-refractivity contribution in [2.75, 3.05) is 9.80 Å². The molecule has 0 saturated carbocycles. The molecule has 0 bridgehead atoms. The normalized spacial score (nSPS) is 13.0. The summed E-state index contributed by atoms with van der Waals surface area (Å²) in [6.45, 7) is 0. The summed E-state index contributed by atoms with van der Waals surface area (Å²) in [6.07, 6.45) is 0. The number of hydrogen-bond donors (Lipinski definition) is 0. The Kier molecular flexibility index (Phi) is 7.57. The van der Waals surface area contributed by atoms with Gasteiger partial charge in [0.2, 0.25) is 0 Å². The second kappa shape index (κ2) is 13.7. The largest absolute Gasteiger partial charge is 0.456 e. The fourth-order valence-electron chi connectivity index (χ4n) is 11.3. The smallest absolute Gasteiger partial charge is 0.135 e. The maximum Gasteiger partial charge on any atom is 0.135 e. The van der Waals surface area contributed by atoms with E-state index in [0.717, 1.165) is 78.0 Å². The Hall–Kier alpha value is -8.60. The summed E-state index contributed by atoms with van der Waals surface area (Å²) in [5.41, 5.74) is 19.5. The fraction of sp³-hybridized carbons (Fsp3) is 0.0164. The molecule has 10 aromatic carbocycles. The molecule has 0 amide bonds. The van der Waals surface area contributed by atoms with Crippen molar-refractivity contribution in [3.05, 3.63) is 253 Å². The van der Waals surface area contributed by atoms with Crippen LogP contribution >= 0.6 is 0 Å². The SMILES string of the molecule is c1ccc(N(c2ccc3oc4ccccc4c3c2)c2cccc3c2-c2ccccc2C32c3ccccc3-c3c(N(c4ccccc4)c4ccc5oc6ccccc6c5c4)cccc32)cc1. The predicted molar refractivity (Wildman–Crippen MR) is 267 cm³/mol. The van der Waals surface area contributed by atoms with E-state index in [0.29, 0.717) is 0 Å². The Morgan fingerprint density at radius 1 is 0.277 bits per heavy atom. The molecule has 4 nitrogen and oxygen atoms in total. The highest BCUT2D eigenvalue weighted by Gasteiger charge is 2.53. The summed E-state index contributed by atoms with van der Waals surface area (Å²) in [7, 11) is 0. The number of rotatable bonds is 6. The Bertz CT molecular complexity index is 3610. The van der Waals surface area contributed by atoms with Gasteiger partial charge in [-0.25, -0.2) is 0 Å². The monoisotopic (exact) mass is 830 g/mol. The van der Waals surface area contributed by atoms with Crippen molar-refractivity contribution in [3.63, 3.8) is 0 Å². The van der Waals surface area contributed by atoms with Crippen LogP contribution in [0.3, 0.4) is 0 Å². The van der Waals surface area contributed by atoms with Gasteiger partial charge in [-0.15, -0.1) is 0 Å². The van der Waals surface area contributed by atoms with Crippen LogP contribution in [0.25, 0.3) is 66.1 Å². The molecule has 0 unspecified atom stereocenters. The molecule has 0 fully saturated rings. The Labute approximate surface area is 375 Å². The van der Waals surface area contributed by atoms with Gasteiger partial charge in [0.05, 0.1) is 16.8 Å². The molecule has 0 N–H and O–H groups in total. The van der Waals surface area contributed by atoms with Gasteiger partial charge in [0.1, 0.15) is 22.3 Å². The number of benzene rings is 10. The number of para-hydroxylation sites is 4. The highest BCUT2D eigenvalue weighted by atomic mass is 16.3. The number of furan rings is 2. The summed E-state index contributed by atoms with van der Waals surface area (Å²) < 4.78 is 12.7. The first-order valence-corrected chi connectivity index (χ1v) is 22.3. The lowest BCUT2D eigenvalue weighted by Crippen LogP contribution is -2.26. The second-order valence-corrected chi connectivity index (χ2v) is 17.1. The van der Waals surface area contributed by atoms with Crippen molar-refractivity contribution < 1.29 is 8.83 Å². The number of nitrogens with zero attached hydrogens (tertiary/aromatic N) is 2. The van der Waals surface area contributed by atoms with Crippen molar-refractivity contribution in [2.45, 2.75) is 5.41 Å². The Balaban J connectivity index is 1.03. The first-order valence-electron chi connectivity index (χ1n) is 22.3. The van der Waals surface area contributed by atoms with Crippen LogP contribution in [0, 0.1) is 0 Å². The lowest BCUT2D eigenvalue weighted by atomic mass is 9.70. The fourth-order valence-corrected chi connectivity index (χ4v) is 11.3. The molecule has 2 aromatic heterocycles. The van der Waals surface area contributed by atoms with Gasteiger partial charge in [-0.1, -0.05) is 146 Å². The molecule has 2 aliphatic carbocycles. The third kappa shape index (κ3) is 5.02. The van der Waals surface area contributed by atoms with E-state index in [-0.39, 0.29) is 0 Å². The van der Waals surface area contributed by atoms with Crippen LogP contribution in [-0.2, 0) is 5.41 Å². The van der Waals surface area contributed by atoms with Crippen LogP contribution in [-0.4, -0.2) is 0 Å². The van der Waals surface area contributed by atoms with Crippen LogP contribution in [0.1, 0.15) is 22.3 Å². The van der Waals surface area contributed by atoms with Gasteiger partial charge in [-0.3, -0.25) is 0 Å². The quantitative estimate of drug-likeness (QED) is 0.167. The average Bonchev–Trinajstić information content (AvgIpc) is 4.10. The van der Waals surface area contributed by atoms with Crippen molar-refractivity contribution in [1.29, 1.82) is 0 Å². The molecule has 304 valence electrons. The first-order chi connectivity index (χ1) is 32.3. The summed E-state index contributed by atoms with van der Waals surface area (Å²) >= 11 is 0. The van der Waals surface area contributed by atoms with E-state index >= 15 is 0 Å². The van der Waals surface area contributed by atoms with Gasteiger partial charge >= 0.3 is 0 Å². The minimum absolute atomic E-state index is 0.593. The van der Waals surface area contributed by atoms with E-state index in [4.69, 9.17) is 8.83 Å². The first kappa shape index (κ1) is 35.9. The third-order valence-electron chi connectivity index (χ3n) is 13.8.